The highest BCUT2D eigenvalue weighted by Gasteiger charge is 2.28. The molecule has 9 heteroatoms. The first kappa shape index (κ1) is 24.6. The van der Waals surface area contributed by atoms with Crippen LogP contribution in [-0.2, 0) is 0 Å². The maximum Gasteiger partial charge on any atom is 0.205 e. The number of likely N-dealkylation sites (tertiary alicyclic amines) is 1. The van der Waals surface area contributed by atoms with Gasteiger partial charge in [0.25, 0.3) is 0 Å². The summed E-state index contributed by atoms with van der Waals surface area (Å²) in [5, 5.41) is 0.938. The maximum atomic E-state index is 5.61. The van der Waals surface area contributed by atoms with Gasteiger partial charge in [-0.1, -0.05) is 6.42 Å². The number of rotatable bonds is 5. The number of hydrogen-bond donors (Lipinski definition) is 0. The van der Waals surface area contributed by atoms with Gasteiger partial charge in [0.2, 0.25) is 5.75 Å². The monoisotopic (exact) mass is 458 g/mol. The van der Waals surface area contributed by atoms with Gasteiger partial charge in [-0.25, -0.2) is 9.97 Å². The number of piperidine rings is 2. The fraction of sp³-hybridized carbons (Fsp3) is 0.619. The van der Waals surface area contributed by atoms with Crippen LogP contribution in [0.25, 0.3) is 10.9 Å². The van der Waals surface area contributed by atoms with E-state index in [0.717, 1.165) is 29.8 Å². The molecule has 2 saturated heterocycles. The number of benzene rings is 1. The van der Waals surface area contributed by atoms with Gasteiger partial charge in [0.1, 0.15) is 17.7 Å². The molecule has 2 aliphatic rings. The Balaban J connectivity index is 0.00000160. The number of ether oxygens (including phenoxy) is 3. The van der Waals surface area contributed by atoms with Gasteiger partial charge in [0.15, 0.2) is 11.5 Å². The van der Waals surface area contributed by atoms with Gasteiger partial charge < -0.3 is 24.0 Å². The van der Waals surface area contributed by atoms with E-state index >= 15 is 0 Å². The van der Waals surface area contributed by atoms with Crippen LogP contribution in [0.4, 0.5) is 5.82 Å². The fourth-order valence-electron chi connectivity index (χ4n) is 4.63. The smallest absolute Gasteiger partial charge is 0.205 e. The Kier molecular flexibility index (Phi) is 9.07. The highest BCUT2D eigenvalue weighted by atomic mass is 35.5. The molecule has 4 rings (SSSR count). The molecule has 30 heavy (non-hydrogen) atoms. The summed E-state index contributed by atoms with van der Waals surface area (Å²) in [6, 6.07) is 2.66. The standard InChI is InChI=1S/C21H30N4O3.2ClH/c1-26-17-13-16-18(20(28-3)19(17)27-2)22-14-23-21(16)25-11-7-15(8-12-25)24-9-5-4-6-10-24;;/h13-15H,4-12H2,1-3H3;2*1H. The third kappa shape index (κ3) is 4.63. The van der Waals surface area contributed by atoms with Gasteiger partial charge >= 0.3 is 0 Å². The summed E-state index contributed by atoms with van der Waals surface area (Å²) in [5.41, 5.74) is 0.753. The van der Waals surface area contributed by atoms with Gasteiger partial charge in [0.05, 0.1) is 26.7 Å². The zero-order chi connectivity index (χ0) is 19.5. The zero-order valence-corrected chi connectivity index (χ0v) is 19.6. The second-order valence-electron chi connectivity index (χ2n) is 7.55. The lowest BCUT2D eigenvalue weighted by Crippen LogP contribution is -2.47. The minimum atomic E-state index is 0. The first-order chi connectivity index (χ1) is 13.8. The second kappa shape index (κ2) is 11.1. The molecule has 0 unspecified atom stereocenters. The normalized spacial score (nSPS) is 17.8. The number of halogens is 2. The average Bonchev–Trinajstić information content (AvgIpc) is 2.77. The van der Waals surface area contributed by atoms with E-state index in [1.54, 1.807) is 27.7 Å². The van der Waals surface area contributed by atoms with E-state index in [9.17, 15) is 0 Å². The van der Waals surface area contributed by atoms with E-state index in [0.29, 0.717) is 23.3 Å². The Morgan fingerprint density at radius 2 is 1.50 bits per heavy atom. The van der Waals surface area contributed by atoms with E-state index in [2.05, 4.69) is 19.8 Å². The summed E-state index contributed by atoms with van der Waals surface area (Å²) < 4.78 is 16.7. The van der Waals surface area contributed by atoms with Crippen molar-refractivity contribution in [2.45, 2.75) is 38.1 Å². The predicted octanol–water partition coefficient (Wildman–Crippen LogP) is 3.95. The summed E-state index contributed by atoms with van der Waals surface area (Å²) in [7, 11) is 4.87. The molecule has 0 saturated carbocycles. The van der Waals surface area contributed by atoms with Crippen LogP contribution in [0.5, 0.6) is 17.2 Å². The van der Waals surface area contributed by atoms with Crippen molar-refractivity contribution >= 4 is 41.5 Å². The number of aromatic nitrogens is 2. The molecule has 0 N–H and O–H groups in total. The molecule has 0 radical (unpaired) electrons. The summed E-state index contributed by atoms with van der Waals surface area (Å²) >= 11 is 0. The van der Waals surface area contributed by atoms with Crippen LogP contribution in [0, 0.1) is 0 Å². The quantitative estimate of drug-likeness (QED) is 0.671. The summed E-state index contributed by atoms with van der Waals surface area (Å²) in [6.45, 7) is 4.53. The summed E-state index contributed by atoms with van der Waals surface area (Å²) in [4.78, 5) is 14.2. The fourth-order valence-corrected chi connectivity index (χ4v) is 4.63. The molecular formula is C21H32Cl2N4O3. The van der Waals surface area contributed by atoms with Gasteiger partial charge in [-0.15, -0.1) is 24.8 Å². The van der Waals surface area contributed by atoms with Crippen molar-refractivity contribution in [3.05, 3.63) is 12.4 Å². The van der Waals surface area contributed by atoms with Crippen molar-refractivity contribution in [3.63, 3.8) is 0 Å². The molecule has 0 atom stereocenters. The minimum absolute atomic E-state index is 0. The number of methoxy groups -OCH3 is 3. The van der Waals surface area contributed by atoms with Crippen molar-refractivity contribution in [2.75, 3.05) is 52.4 Å². The molecule has 1 aromatic carbocycles. The van der Waals surface area contributed by atoms with Crippen LogP contribution in [-0.4, -0.2) is 68.4 Å². The molecule has 0 spiro atoms. The Bertz CT molecular complexity index is 825. The summed E-state index contributed by atoms with van der Waals surface area (Å²) in [5.74, 6) is 2.72. The largest absolute Gasteiger partial charge is 0.493 e. The Hall–Kier alpha value is -1.70. The SMILES string of the molecule is COc1cc2c(N3CCC(N4CCCCC4)CC3)ncnc2c(OC)c1OC.Cl.Cl. The molecule has 0 aliphatic carbocycles. The highest BCUT2D eigenvalue weighted by molar-refractivity contribution is 5.97. The van der Waals surface area contributed by atoms with Crippen LogP contribution in [0.3, 0.4) is 0 Å². The lowest BCUT2D eigenvalue weighted by atomic mass is 9.99. The number of hydrogen-bond acceptors (Lipinski definition) is 7. The van der Waals surface area contributed by atoms with Crippen molar-refractivity contribution in [1.82, 2.24) is 14.9 Å². The van der Waals surface area contributed by atoms with Gasteiger partial charge in [-0.3, -0.25) is 0 Å². The highest BCUT2D eigenvalue weighted by Crippen LogP contribution is 2.44. The van der Waals surface area contributed by atoms with Gasteiger partial charge in [-0.2, -0.15) is 0 Å². The molecule has 0 bridgehead atoms. The average molecular weight is 459 g/mol. The molecule has 3 heterocycles. The van der Waals surface area contributed by atoms with Crippen molar-refractivity contribution < 1.29 is 14.2 Å². The maximum absolute atomic E-state index is 5.61. The second-order valence-corrected chi connectivity index (χ2v) is 7.55. The lowest BCUT2D eigenvalue weighted by Gasteiger charge is -2.40. The van der Waals surface area contributed by atoms with E-state index < -0.39 is 0 Å². The van der Waals surface area contributed by atoms with Gasteiger partial charge in [0, 0.05) is 19.1 Å². The third-order valence-electron chi connectivity index (χ3n) is 6.08. The molecule has 168 valence electrons. The van der Waals surface area contributed by atoms with Crippen molar-refractivity contribution in [1.29, 1.82) is 0 Å². The van der Waals surface area contributed by atoms with Crippen molar-refractivity contribution in [2.24, 2.45) is 0 Å². The molecular weight excluding hydrogens is 427 g/mol. The Morgan fingerprint density at radius 1 is 0.833 bits per heavy atom. The molecule has 2 aromatic rings. The summed E-state index contributed by atoms with van der Waals surface area (Å²) in [6.07, 6.45) is 8.04. The molecule has 2 aliphatic heterocycles. The Morgan fingerprint density at radius 3 is 2.10 bits per heavy atom. The first-order valence-corrected chi connectivity index (χ1v) is 10.2. The van der Waals surface area contributed by atoms with E-state index in [1.807, 2.05) is 6.07 Å². The number of nitrogens with zero attached hydrogens (tertiary/aromatic N) is 4. The van der Waals surface area contributed by atoms with Crippen molar-refractivity contribution in [3.8, 4) is 17.2 Å². The molecule has 0 amide bonds. The molecule has 7 nitrogen and oxygen atoms in total. The van der Waals surface area contributed by atoms with Crippen LogP contribution in [0.2, 0.25) is 0 Å². The number of fused-ring (bicyclic) bond motifs is 1. The van der Waals surface area contributed by atoms with Crippen LogP contribution >= 0.6 is 24.8 Å². The van der Waals surface area contributed by atoms with E-state index in [4.69, 9.17) is 14.2 Å². The third-order valence-corrected chi connectivity index (χ3v) is 6.08. The van der Waals surface area contributed by atoms with E-state index in [1.165, 1.54) is 45.2 Å². The first-order valence-electron chi connectivity index (χ1n) is 10.2. The van der Waals surface area contributed by atoms with Crippen LogP contribution < -0.4 is 19.1 Å². The molecule has 2 fully saturated rings. The van der Waals surface area contributed by atoms with Crippen LogP contribution in [0.1, 0.15) is 32.1 Å². The van der Waals surface area contributed by atoms with E-state index in [-0.39, 0.29) is 24.8 Å². The topological polar surface area (TPSA) is 60.0 Å². The minimum Gasteiger partial charge on any atom is -0.493 e. The number of anilines is 1. The zero-order valence-electron chi connectivity index (χ0n) is 17.9. The lowest BCUT2D eigenvalue weighted by molar-refractivity contribution is 0.141. The predicted molar refractivity (Wildman–Crippen MR) is 124 cm³/mol. The molecule has 1 aromatic heterocycles. The van der Waals surface area contributed by atoms with Gasteiger partial charge in [-0.05, 0) is 44.8 Å². The Labute approximate surface area is 190 Å². The van der Waals surface area contributed by atoms with Crippen LogP contribution in [0.15, 0.2) is 12.4 Å².